The first-order valence-corrected chi connectivity index (χ1v) is 11.0. The Balaban J connectivity index is 2.00. The zero-order valence-corrected chi connectivity index (χ0v) is 15.7. The van der Waals surface area contributed by atoms with Gasteiger partial charge >= 0.3 is 0 Å². The number of benzene rings is 3. The fourth-order valence-corrected chi connectivity index (χ4v) is 9.57. The normalized spacial score (nSPS) is 13.9. The van der Waals surface area contributed by atoms with Gasteiger partial charge in [-0.05, 0) is 39.7 Å². The molecule has 0 saturated carbocycles. The van der Waals surface area contributed by atoms with Crippen molar-refractivity contribution in [2.45, 2.75) is 6.92 Å². The highest BCUT2D eigenvalue weighted by molar-refractivity contribution is 7.21. The molecule has 0 radical (unpaired) electrons. The quantitative estimate of drug-likeness (QED) is 0.447. The Morgan fingerprint density at radius 3 is 1.96 bits per heavy atom. The summed E-state index contributed by atoms with van der Waals surface area (Å²) in [5, 5.41) is 5.52. The van der Waals surface area contributed by atoms with Gasteiger partial charge in [0.2, 0.25) is 8.07 Å². The molecule has 1 aliphatic rings. The van der Waals surface area contributed by atoms with E-state index in [-0.39, 0.29) is 0 Å². The van der Waals surface area contributed by atoms with Gasteiger partial charge in [0.15, 0.2) is 0 Å². The van der Waals surface area contributed by atoms with Gasteiger partial charge in [-0.3, -0.25) is 4.98 Å². The molecule has 26 heavy (non-hydrogen) atoms. The molecule has 0 N–H and O–H groups in total. The van der Waals surface area contributed by atoms with Crippen molar-refractivity contribution in [3.05, 3.63) is 103 Å². The van der Waals surface area contributed by atoms with E-state index in [1.807, 2.05) is 6.20 Å². The molecule has 0 spiro atoms. The molecular formula is C24H19NSi. The molecule has 0 unspecified atom stereocenters. The lowest BCUT2D eigenvalue weighted by atomic mass is 10.0. The number of hydrogen-bond acceptors (Lipinski definition) is 1. The molecule has 0 fully saturated rings. The number of pyridine rings is 1. The van der Waals surface area contributed by atoms with Crippen molar-refractivity contribution in [1.29, 1.82) is 0 Å². The van der Waals surface area contributed by atoms with E-state index in [1.54, 1.807) is 0 Å². The van der Waals surface area contributed by atoms with Crippen LogP contribution in [-0.2, 0) is 0 Å². The Kier molecular flexibility index (Phi) is 3.40. The van der Waals surface area contributed by atoms with E-state index >= 15 is 0 Å². The van der Waals surface area contributed by atoms with Crippen molar-refractivity contribution in [3.8, 4) is 11.1 Å². The molecular weight excluding hydrogens is 330 g/mol. The molecule has 1 aliphatic heterocycles. The van der Waals surface area contributed by atoms with Crippen molar-refractivity contribution in [1.82, 2.24) is 4.98 Å². The Hall–Kier alpha value is -2.97. The second-order valence-corrected chi connectivity index (χ2v) is 10.5. The van der Waals surface area contributed by atoms with Crippen molar-refractivity contribution in [2.75, 3.05) is 0 Å². The molecule has 2 heterocycles. The predicted molar refractivity (Wildman–Crippen MR) is 112 cm³/mol. The lowest BCUT2D eigenvalue weighted by Gasteiger charge is -2.30. The maximum absolute atomic E-state index is 4.98. The van der Waals surface area contributed by atoms with Crippen LogP contribution in [0.4, 0.5) is 0 Å². The average molecular weight is 350 g/mol. The first kappa shape index (κ1) is 15.3. The minimum Gasteiger partial charge on any atom is -0.264 e. The maximum Gasteiger partial charge on any atom is 0.203 e. The zero-order chi connectivity index (χ0) is 17.6. The molecule has 0 atom stereocenters. The molecule has 0 aliphatic carbocycles. The smallest absolute Gasteiger partial charge is 0.203 e. The summed E-state index contributed by atoms with van der Waals surface area (Å²) in [5.74, 6) is 0. The summed E-state index contributed by atoms with van der Waals surface area (Å²) < 4.78 is 0. The fourth-order valence-electron chi connectivity index (χ4n) is 4.50. The third-order valence-corrected chi connectivity index (χ3v) is 10.3. The number of aryl methyl sites for hydroxylation is 1. The Morgan fingerprint density at radius 2 is 1.31 bits per heavy atom. The van der Waals surface area contributed by atoms with Gasteiger partial charge in [-0.25, -0.2) is 0 Å². The van der Waals surface area contributed by atoms with Crippen molar-refractivity contribution >= 4 is 29.0 Å². The van der Waals surface area contributed by atoms with Gasteiger partial charge in [-0.2, -0.15) is 0 Å². The van der Waals surface area contributed by atoms with E-state index in [1.165, 1.54) is 37.6 Å². The summed E-state index contributed by atoms with van der Waals surface area (Å²) in [4.78, 5) is 4.98. The first-order chi connectivity index (χ1) is 12.8. The molecule has 0 bridgehead atoms. The molecule has 2 heteroatoms. The van der Waals surface area contributed by atoms with Crippen LogP contribution in [0.2, 0.25) is 0 Å². The molecule has 1 aromatic heterocycles. The summed E-state index contributed by atoms with van der Waals surface area (Å²) in [5.41, 5.74) is 4.02. The summed E-state index contributed by atoms with van der Waals surface area (Å²) >= 11 is 0. The Labute approximate surface area is 155 Å². The summed E-state index contributed by atoms with van der Waals surface area (Å²) in [6.45, 7) is 2.22. The number of nitrogens with zero attached hydrogens (tertiary/aromatic N) is 1. The summed E-state index contributed by atoms with van der Waals surface area (Å²) in [6.07, 6.45) is 1.95. The fraction of sp³-hybridized carbons (Fsp3) is 0.0417. The van der Waals surface area contributed by atoms with Crippen molar-refractivity contribution < 1.29 is 0 Å². The third kappa shape index (κ3) is 1.93. The van der Waals surface area contributed by atoms with E-state index in [4.69, 9.17) is 4.98 Å². The van der Waals surface area contributed by atoms with Gasteiger partial charge < -0.3 is 0 Å². The highest BCUT2D eigenvalue weighted by Gasteiger charge is 2.50. The van der Waals surface area contributed by atoms with Crippen LogP contribution in [0.25, 0.3) is 11.1 Å². The molecule has 0 saturated heterocycles. The predicted octanol–water partition coefficient (Wildman–Crippen LogP) is 2.75. The van der Waals surface area contributed by atoms with Gasteiger partial charge in [0.05, 0.1) is 0 Å². The first-order valence-electron chi connectivity index (χ1n) is 9.00. The molecule has 0 amide bonds. The molecule has 1 nitrogen and oxygen atoms in total. The Bertz CT molecular complexity index is 1050. The lowest BCUT2D eigenvalue weighted by molar-refractivity contribution is 1.38. The zero-order valence-electron chi connectivity index (χ0n) is 14.7. The topological polar surface area (TPSA) is 12.9 Å². The van der Waals surface area contributed by atoms with Gasteiger partial charge in [-0.15, -0.1) is 0 Å². The van der Waals surface area contributed by atoms with Crippen molar-refractivity contribution in [3.63, 3.8) is 0 Å². The van der Waals surface area contributed by atoms with E-state index in [9.17, 15) is 0 Å². The van der Waals surface area contributed by atoms with Gasteiger partial charge in [0.1, 0.15) is 0 Å². The third-order valence-electron chi connectivity index (χ3n) is 5.52. The Morgan fingerprint density at radius 1 is 0.654 bits per heavy atom. The average Bonchev–Trinajstić information content (AvgIpc) is 3.02. The van der Waals surface area contributed by atoms with Crippen LogP contribution >= 0.6 is 0 Å². The standard InChI is InChI=1S/C24H19NSi/c1-18-10-8-16-22-23(18)21-15-9-17-25-24(21)26(22,19-11-4-2-5-12-19)20-13-6-3-7-14-20/h2-17H,1H3. The second kappa shape index (κ2) is 5.79. The van der Waals surface area contributed by atoms with Gasteiger partial charge in [0.25, 0.3) is 0 Å². The number of rotatable bonds is 2. The van der Waals surface area contributed by atoms with Crippen LogP contribution in [0.1, 0.15) is 5.56 Å². The largest absolute Gasteiger partial charge is 0.264 e. The maximum atomic E-state index is 4.98. The van der Waals surface area contributed by atoms with Crippen LogP contribution < -0.4 is 20.9 Å². The summed E-state index contributed by atoms with van der Waals surface area (Å²) in [6, 6.07) is 33.0. The highest BCUT2D eigenvalue weighted by Crippen LogP contribution is 2.29. The van der Waals surface area contributed by atoms with E-state index in [0.717, 1.165) is 0 Å². The van der Waals surface area contributed by atoms with Crippen LogP contribution in [0.5, 0.6) is 0 Å². The van der Waals surface area contributed by atoms with Crippen LogP contribution in [0.15, 0.2) is 97.2 Å². The van der Waals surface area contributed by atoms with Gasteiger partial charge in [-0.1, -0.05) is 84.9 Å². The van der Waals surface area contributed by atoms with E-state index < -0.39 is 8.07 Å². The number of fused-ring (bicyclic) bond motifs is 3. The second-order valence-electron chi connectivity index (χ2n) is 6.88. The SMILES string of the molecule is Cc1cccc2c1-c1cccnc1[Si]2(c1ccccc1)c1ccccc1. The van der Waals surface area contributed by atoms with Crippen LogP contribution in [-0.4, -0.2) is 13.1 Å². The highest BCUT2D eigenvalue weighted by atomic mass is 28.3. The molecule has 124 valence electrons. The van der Waals surface area contributed by atoms with Crippen LogP contribution in [0.3, 0.4) is 0 Å². The van der Waals surface area contributed by atoms with Gasteiger partial charge in [0, 0.05) is 17.1 Å². The molecule has 3 aromatic carbocycles. The molecule has 5 rings (SSSR count). The summed E-state index contributed by atoms with van der Waals surface area (Å²) in [7, 11) is -2.37. The lowest BCUT2D eigenvalue weighted by Crippen LogP contribution is -2.73. The minimum atomic E-state index is -2.37. The number of aromatic nitrogens is 1. The van der Waals surface area contributed by atoms with E-state index in [2.05, 4.69) is 97.9 Å². The van der Waals surface area contributed by atoms with Crippen LogP contribution in [0, 0.1) is 6.92 Å². The molecule has 4 aromatic rings. The number of hydrogen-bond donors (Lipinski definition) is 0. The monoisotopic (exact) mass is 349 g/mol. The van der Waals surface area contributed by atoms with E-state index in [0.29, 0.717) is 0 Å². The minimum absolute atomic E-state index is 1.27. The van der Waals surface area contributed by atoms with Crippen molar-refractivity contribution in [2.24, 2.45) is 0 Å².